The van der Waals surface area contributed by atoms with E-state index in [4.69, 9.17) is 0 Å². The Morgan fingerprint density at radius 1 is 1.00 bits per heavy atom. The van der Waals surface area contributed by atoms with E-state index in [2.05, 4.69) is 24.3 Å². The first-order chi connectivity index (χ1) is 10.8. The lowest BCUT2D eigenvalue weighted by atomic mass is 9.88. The first kappa shape index (κ1) is 14.8. The maximum Gasteiger partial charge on any atom is 0.230 e. The molecule has 2 aromatic carbocycles. The Kier molecular flexibility index (Phi) is 4.57. The molecule has 0 saturated heterocycles. The lowest BCUT2D eigenvalue weighted by molar-refractivity contribution is -0.123. The minimum absolute atomic E-state index is 0.158. The van der Waals surface area contributed by atoms with Crippen molar-refractivity contribution in [1.82, 2.24) is 0 Å². The molecule has 2 heteroatoms. The molecule has 2 atom stereocenters. The van der Waals surface area contributed by atoms with Crippen molar-refractivity contribution in [3.8, 4) is 0 Å². The van der Waals surface area contributed by atoms with Gasteiger partial charge in [0.25, 0.3) is 0 Å². The van der Waals surface area contributed by atoms with Crippen LogP contribution in [0.1, 0.15) is 24.8 Å². The van der Waals surface area contributed by atoms with Crippen LogP contribution >= 0.6 is 0 Å². The Balaban J connectivity index is 1.71. The van der Waals surface area contributed by atoms with Gasteiger partial charge in [-0.25, -0.2) is 0 Å². The molecule has 22 heavy (non-hydrogen) atoms. The van der Waals surface area contributed by atoms with Gasteiger partial charge in [0.2, 0.25) is 5.91 Å². The van der Waals surface area contributed by atoms with Gasteiger partial charge in [-0.2, -0.15) is 0 Å². The number of amides is 1. The summed E-state index contributed by atoms with van der Waals surface area (Å²) in [6, 6.07) is 20.5. The van der Waals surface area contributed by atoms with Crippen molar-refractivity contribution >= 4 is 11.6 Å². The average molecular weight is 293 g/mol. The lowest BCUT2D eigenvalue weighted by Crippen LogP contribution is -2.35. The number of para-hydroxylation sites is 1. The van der Waals surface area contributed by atoms with Crippen molar-refractivity contribution in [3.63, 3.8) is 0 Å². The number of hydrogen-bond acceptors (Lipinski definition) is 1. The second kappa shape index (κ2) is 6.78. The minimum Gasteiger partial charge on any atom is -0.315 e. The second-order valence-electron chi connectivity index (χ2n) is 6.22. The molecular formula is C20H23NO. The number of anilines is 1. The van der Waals surface area contributed by atoms with Gasteiger partial charge in [-0.15, -0.1) is 0 Å². The smallest absolute Gasteiger partial charge is 0.230 e. The third-order valence-corrected chi connectivity index (χ3v) is 4.79. The summed E-state index contributed by atoms with van der Waals surface area (Å²) in [6.07, 6.45) is 4.36. The Morgan fingerprint density at radius 2 is 1.64 bits per heavy atom. The number of carbonyl (C=O) groups is 1. The highest BCUT2D eigenvalue weighted by molar-refractivity contribution is 5.94. The van der Waals surface area contributed by atoms with Gasteiger partial charge in [0, 0.05) is 18.7 Å². The first-order valence-corrected chi connectivity index (χ1v) is 8.12. The Hall–Kier alpha value is -2.09. The van der Waals surface area contributed by atoms with Gasteiger partial charge in [-0.05, 0) is 42.9 Å². The van der Waals surface area contributed by atoms with E-state index >= 15 is 0 Å². The van der Waals surface area contributed by atoms with Crippen LogP contribution in [0.15, 0.2) is 60.7 Å². The molecule has 0 radical (unpaired) electrons. The number of nitrogens with zero attached hydrogens (tertiary/aromatic N) is 1. The number of benzene rings is 2. The molecule has 0 aromatic heterocycles. The van der Waals surface area contributed by atoms with Crippen LogP contribution in [-0.2, 0) is 11.2 Å². The fourth-order valence-electron chi connectivity index (χ4n) is 3.55. The molecule has 1 aliphatic rings. The molecule has 3 rings (SSSR count). The minimum atomic E-state index is 0.158. The summed E-state index contributed by atoms with van der Waals surface area (Å²) in [5, 5.41) is 0. The summed E-state index contributed by atoms with van der Waals surface area (Å²) in [6.45, 7) is 0. The fraction of sp³-hybridized carbons (Fsp3) is 0.350. The Morgan fingerprint density at radius 3 is 2.32 bits per heavy atom. The SMILES string of the molecule is CN(C(=O)[C@H]1CCC[C@H]1Cc1ccccc1)c1ccccc1. The van der Waals surface area contributed by atoms with Crippen molar-refractivity contribution in [1.29, 1.82) is 0 Å². The van der Waals surface area contributed by atoms with Crippen LogP contribution in [0.5, 0.6) is 0 Å². The van der Waals surface area contributed by atoms with Gasteiger partial charge >= 0.3 is 0 Å². The predicted octanol–water partition coefficient (Wildman–Crippen LogP) is 4.31. The van der Waals surface area contributed by atoms with E-state index in [1.807, 2.05) is 48.3 Å². The highest BCUT2D eigenvalue weighted by Gasteiger charge is 2.34. The van der Waals surface area contributed by atoms with Gasteiger partial charge in [-0.1, -0.05) is 55.0 Å². The molecule has 0 heterocycles. The summed E-state index contributed by atoms with van der Waals surface area (Å²) in [7, 11) is 1.90. The summed E-state index contributed by atoms with van der Waals surface area (Å²) in [5.41, 5.74) is 2.33. The van der Waals surface area contributed by atoms with Crippen LogP contribution < -0.4 is 4.90 Å². The lowest BCUT2D eigenvalue weighted by Gasteiger charge is -2.25. The summed E-state index contributed by atoms with van der Waals surface area (Å²) in [4.78, 5) is 14.7. The quantitative estimate of drug-likeness (QED) is 0.822. The number of hydrogen-bond donors (Lipinski definition) is 0. The number of rotatable bonds is 4. The second-order valence-corrected chi connectivity index (χ2v) is 6.22. The van der Waals surface area contributed by atoms with Crippen LogP contribution in [0, 0.1) is 11.8 Å². The number of carbonyl (C=O) groups excluding carboxylic acids is 1. The molecule has 0 aliphatic heterocycles. The molecule has 0 spiro atoms. The Bertz CT molecular complexity index is 608. The molecular weight excluding hydrogens is 270 g/mol. The third-order valence-electron chi connectivity index (χ3n) is 4.79. The monoisotopic (exact) mass is 293 g/mol. The maximum absolute atomic E-state index is 12.9. The van der Waals surface area contributed by atoms with Crippen molar-refractivity contribution in [3.05, 3.63) is 66.2 Å². The zero-order valence-electron chi connectivity index (χ0n) is 13.1. The molecule has 1 amide bonds. The molecule has 114 valence electrons. The normalized spacial score (nSPS) is 20.8. The Labute approximate surface area is 132 Å². The highest BCUT2D eigenvalue weighted by Crippen LogP contribution is 2.36. The van der Waals surface area contributed by atoms with Gasteiger partial charge in [0.05, 0.1) is 0 Å². The standard InChI is InChI=1S/C20H23NO/c1-21(18-12-6-3-7-13-18)20(22)19-14-8-11-17(19)15-16-9-4-2-5-10-16/h2-7,9-10,12-13,17,19H,8,11,14-15H2,1H3/t17-,19-/m0/s1. The van der Waals surface area contributed by atoms with E-state index in [0.717, 1.165) is 31.4 Å². The molecule has 0 unspecified atom stereocenters. The van der Waals surface area contributed by atoms with Crippen LogP contribution in [0.4, 0.5) is 5.69 Å². The fourth-order valence-corrected chi connectivity index (χ4v) is 3.55. The van der Waals surface area contributed by atoms with Gasteiger partial charge < -0.3 is 4.90 Å². The van der Waals surface area contributed by atoms with Gasteiger partial charge in [-0.3, -0.25) is 4.79 Å². The van der Waals surface area contributed by atoms with E-state index in [1.165, 1.54) is 5.56 Å². The van der Waals surface area contributed by atoms with Crippen LogP contribution in [-0.4, -0.2) is 13.0 Å². The molecule has 2 aromatic rings. The molecule has 0 bridgehead atoms. The van der Waals surface area contributed by atoms with Crippen LogP contribution in [0.25, 0.3) is 0 Å². The third kappa shape index (κ3) is 3.22. The summed E-state index contributed by atoms with van der Waals surface area (Å²) < 4.78 is 0. The molecule has 1 fully saturated rings. The van der Waals surface area contributed by atoms with Crippen LogP contribution in [0.3, 0.4) is 0 Å². The summed E-state index contributed by atoms with van der Waals surface area (Å²) >= 11 is 0. The van der Waals surface area contributed by atoms with Crippen molar-refractivity contribution in [2.45, 2.75) is 25.7 Å². The largest absolute Gasteiger partial charge is 0.315 e. The molecule has 2 nitrogen and oxygen atoms in total. The zero-order chi connectivity index (χ0) is 15.4. The van der Waals surface area contributed by atoms with E-state index < -0.39 is 0 Å². The first-order valence-electron chi connectivity index (χ1n) is 8.12. The van der Waals surface area contributed by atoms with E-state index in [-0.39, 0.29) is 11.8 Å². The topological polar surface area (TPSA) is 20.3 Å². The molecule has 1 aliphatic carbocycles. The molecule has 1 saturated carbocycles. The van der Waals surface area contributed by atoms with Crippen molar-refractivity contribution < 1.29 is 4.79 Å². The van der Waals surface area contributed by atoms with Crippen molar-refractivity contribution in [2.24, 2.45) is 11.8 Å². The van der Waals surface area contributed by atoms with Gasteiger partial charge in [0.1, 0.15) is 0 Å². The average Bonchev–Trinajstić information content (AvgIpc) is 3.03. The zero-order valence-corrected chi connectivity index (χ0v) is 13.1. The molecule has 0 N–H and O–H groups in total. The van der Waals surface area contributed by atoms with E-state index in [0.29, 0.717) is 5.92 Å². The maximum atomic E-state index is 12.9. The van der Waals surface area contributed by atoms with Crippen molar-refractivity contribution in [2.75, 3.05) is 11.9 Å². The summed E-state index contributed by atoms with van der Waals surface area (Å²) in [5.74, 6) is 0.899. The van der Waals surface area contributed by atoms with E-state index in [1.54, 1.807) is 0 Å². The van der Waals surface area contributed by atoms with E-state index in [9.17, 15) is 4.79 Å². The predicted molar refractivity (Wildman–Crippen MR) is 90.8 cm³/mol. The van der Waals surface area contributed by atoms with Gasteiger partial charge in [0.15, 0.2) is 0 Å². The highest BCUT2D eigenvalue weighted by atomic mass is 16.2. The van der Waals surface area contributed by atoms with Crippen LogP contribution in [0.2, 0.25) is 0 Å².